The first-order valence-electron chi connectivity index (χ1n) is 8.40. The molecule has 4 aromatic rings. The van der Waals surface area contributed by atoms with Crippen LogP contribution in [-0.2, 0) is 11.3 Å². The van der Waals surface area contributed by atoms with Crippen molar-refractivity contribution in [1.29, 1.82) is 0 Å². The number of anilines is 3. The summed E-state index contributed by atoms with van der Waals surface area (Å²) in [6.45, 7) is 0.358. The van der Waals surface area contributed by atoms with Crippen LogP contribution >= 0.6 is 0 Å². The number of aromatic amines is 1. The molecule has 0 unspecified atom stereocenters. The van der Waals surface area contributed by atoms with E-state index in [2.05, 4.69) is 25.5 Å². The maximum atomic E-state index is 6.18. The second-order valence-corrected chi connectivity index (χ2v) is 6.23. The smallest absolute Gasteiger partial charge is 0.220 e. The largest absolute Gasteiger partial charge is 0.454 e. The number of rotatable bonds is 3. The quantitative estimate of drug-likeness (QED) is 0.451. The van der Waals surface area contributed by atoms with Crippen LogP contribution in [0.25, 0.3) is 22.2 Å². The van der Waals surface area contributed by atoms with Gasteiger partial charge in [-0.15, -0.1) is 0 Å². The van der Waals surface area contributed by atoms with Gasteiger partial charge < -0.3 is 20.5 Å². The van der Waals surface area contributed by atoms with E-state index in [0.29, 0.717) is 23.7 Å². The summed E-state index contributed by atoms with van der Waals surface area (Å²) in [5, 5.41) is 11.6. The van der Waals surface area contributed by atoms with Crippen molar-refractivity contribution in [3.8, 4) is 22.8 Å². The van der Waals surface area contributed by atoms with Crippen LogP contribution in [0.15, 0.2) is 42.5 Å². The van der Waals surface area contributed by atoms with Crippen molar-refractivity contribution in [2.24, 2.45) is 0 Å². The van der Waals surface area contributed by atoms with Crippen LogP contribution in [0.2, 0.25) is 0 Å². The number of para-hydroxylation sites is 2. The minimum absolute atomic E-state index is 0.198. The van der Waals surface area contributed by atoms with Gasteiger partial charge >= 0.3 is 0 Å². The van der Waals surface area contributed by atoms with Crippen molar-refractivity contribution in [2.75, 3.05) is 18.2 Å². The fraction of sp³-hybridized carbons (Fsp3) is 0.105. The topological polar surface area (TPSA) is 111 Å². The van der Waals surface area contributed by atoms with E-state index in [0.717, 1.165) is 33.7 Å². The summed E-state index contributed by atoms with van der Waals surface area (Å²) in [4.78, 5) is 8.56. The molecule has 0 fully saturated rings. The minimum atomic E-state index is 0.198. The molecule has 2 aromatic carbocycles. The summed E-state index contributed by atoms with van der Waals surface area (Å²) in [6.07, 6.45) is 0. The second-order valence-electron chi connectivity index (χ2n) is 6.23. The Labute approximate surface area is 154 Å². The number of H-pyrrole nitrogens is 1. The van der Waals surface area contributed by atoms with E-state index < -0.39 is 0 Å². The van der Waals surface area contributed by atoms with Gasteiger partial charge in [0.15, 0.2) is 11.6 Å². The van der Waals surface area contributed by atoms with Crippen LogP contribution in [0.1, 0.15) is 5.69 Å². The van der Waals surface area contributed by atoms with Crippen LogP contribution in [-0.4, -0.2) is 27.3 Å². The third kappa shape index (κ3) is 2.63. The minimum Gasteiger partial charge on any atom is -0.454 e. The van der Waals surface area contributed by atoms with E-state index in [1.165, 1.54) is 0 Å². The van der Waals surface area contributed by atoms with Gasteiger partial charge in [-0.25, -0.2) is 9.97 Å². The molecule has 8 heteroatoms. The van der Waals surface area contributed by atoms with Gasteiger partial charge in [-0.2, -0.15) is 5.10 Å². The van der Waals surface area contributed by atoms with Crippen molar-refractivity contribution in [3.63, 3.8) is 0 Å². The summed E-state index contributed by atoms with van der Waals surface area (Å²) < 4.78 is 11.3. The lowest BCUT2D eigenvalue weighted by molar-refractivity contribution is 0.181. The van der Waals surface area contributed by atoms with Gasteiger partial charge in [0, 0.05) is 12.7 Å². The Morgan fingerprint density at radius 2 is 2.00 bits per heavy atom. The Morgan fingerprint density at radius 3 is 2.89 bits per heavy atom. The first kappa shape index (κ1) is 15.6. The molecule has 8 nitrogen and oxygen atoms in total. The van der Waals surface area contributed by atoms with E-state index in [1.54, 1.807) is 7.11 Å². The zero-order valence-corrected chi connectivity index (χ0v) is 14.5. The lowest BCUT2D eigenvalue weighted by Crippen LogP contribution is -2.02. The number of nitrogens with zero attached hydrogens (tertiary/aromatic N) is 3. The molecule has 1 aliphatic heterocycles. The van der Waals surface area contributed by atoms with Crippen LogP contribution in [0.3, 0.4) is 0 Å². The highest BCUT2D eigenvalue weighted by Crippen LogP contribution is 2.43. The van der Waals surface area contributed by atoms with E-state index in [-0.39, 0.29) is 5.95 Å². The van der Waals surface area contributed by atoms with Crippen LogP contribution < -0.4 is 15.8 Å². The highest BCUT2D eigenvalue weighted by molar-refractivity contribution is 6.00. The van der Waals surface area contributed by atoms with E-state index in [1.807, 2.05) is 42.5 Å². The average Bonchev–Trinajstić information content (AvgIpc) is 2.98. The molecule has 0 spiro atoms. The molecule has 5 rings (SSSR count). The summed E-state index contributed by atoms with van der Waals surface area (Å²) in [5.74, 6) is 2.34. The summed E-state index contributed by atoms with van der Waals surface area (Å²) >= 11 is 0. The molecule has 0 aliphatic carbocycles. The Kier molecular flexibility index (Phi) is 3.44. The normalized spacial score (nSPS) is 12.2. The molecule has 3 heterocycles. The number of ether oxygens (including phenoxy) is 2. The molecule has 0 atom stereocenters. The van der Waals surface area contributed by atoms with Gasteiger partial charge in [0.1, 0.15) is 5.75 Å². The molecule has 0 bridgehead atoms. The molecule has 27 heavy (non-hydrogen) atoms. The van der Waals surface area contributed by atoms with Gasteiger partial charge in [-0.1, -0.05) is 12.1 Å². The van der Waals surface area contributed by atoms with Crippen molar-refractivity contribution in [2.45, 2.75) is 6.61 Å². The fourth-order valence-electron chi connectivity index (χ4n) is 3.23. The van der Waals surface area contributed by atoms with Gasteiger partial charge in [0.25, 0.3) is 0 Å². The predicted molar refractivity (Wildman–Crippen MR) is 102 cm³/mol. The summed E-state index contributed by atoms with van der Waals surface area (Å²) in [5.41, 5.74) is 9.82. The summed E-state index contributed by atoms with van der Waals surface area (Å²) in [6, 6.07) is 13.5. The first-order chi connectivity index (χ1) is 13.2. The zero-order valence-electron chi connectivity index (χ0n) is 14.5. The Hall–Kier alpha value is -3.65. The van der Waals surface area contributed by atoms with Gasteiger partial charge in [0.05, 0.1) is 34.6 Å². The van der Waals surface area contributed by atoms with E-state index >= 15 is 0 Å². The monoisotopic (exact) mass is 360 g/mol. The van der Waals surface area contributed by atoms with Crippen LogP contribution in [0.5, 0.6) is 11.5 Å². The molecule has 2 aromatic heterocycles. The van der Waals surface area contributed by atoms with Crippen LogP contribution in [0, 0.1) is 0 Å². The molecule has 0 radical (unpaired) electrons. The first-order valence-corrected chi connectivity index (χ1v) is 8.40. The van der Waals surface area contributed by atoms with Crippen LogP contribution in [0.4, 0.5) is 17.5 Å². The van der Waals surface area contributed by atoms with E-state index in [9.17, 15) is 0 Å². The number of hydrogen-bond acceptors (Lipinski definition) is 7. The zero-order chi connectivity index (χ0) is 18.4. The van der Waals surface area contributed by atoms with Gasteiger partial charge in [-0.05, 0) is 30.3 Å². The molecule has 1 aliphatic rings. The third-order valence-electron chi connectivity index (χ3n) is 4.37. The number of nitrogen functional groups attached to an aromatic ring is 1. The third-order valence-corrected chi connectivity index (χ3v) is 4.37. The molecular formula is C19H16N6O2. The molecule has 0 amide bonds. The number of nitrogens with two attached hydrogens (primary N) is 1. The number of benzene rings is 2. The summed E-state index contributed by atoms with van der Waals surface area (Å²) in [7, 11) is 1.61. The Balaban J connectivity index is 1.69. The average molecular weight is 360 g/mol. The molecule has 4 N–H and O–H groups in total. The van der Waals surface area contributed by atoms with Crippen molar-refractivity contribution >= 4 is 28.4 Å². The standard InChI is InChI=1S/C19H16N6O2/c1-26-9-11-8-13(23-19(20)21-11)10-6-14-17-16(7-10)27-15-5-3-2-4-12(15)22-18(17)25-24-14/h2-8H,9H2,1H3,(H2,20,21,23)(H2,22,24,25). The second kappa shape index (κ2) is 5.96. The number of fused-ring (bicyclic) bond motifs is 1. The number of aromatic nitrogens is 4. The predicted octanol–water partition coefficient (Wildman–Crippen LogP) is 3.60. The van der Waals surface area contributed by atoms with Crippen molar-refractivity contribution in [1.82, 2.24) is 20.2 Å². The number of hydrogen-bond donors (Lipinski definition) is 3. The molecule has 0 saturated heterocycles. The highest BCUT2D eigenvalue weighted by atomic mass is 16.5. The maximum absolute atomic E-state index is 6.18. The highest BCUT2D eigenvalue weighted by Gasteiger charge is 2.21. The lowest BCUT2D eigenvalue weighted by Gasteiger charge is -2.10. The number of nitrogens with one attached hydrogen (secondary N) is 2. The number of methoxy groups -OCH3 is 1. The Morgan fingerprint density at radius 1 is 1.11 bits per heavy atom. The lowest BCUT2D eigenvalue weighted by atomic mass is 10.1. The molecule has 0 saturated carbocycles. The SMILES string of the molecule is COCc1cc(-c2cc3c4c(n[nH]c4c2)Nc2ccccc2O3)nc(N)n1. The van der Waals surface area contributed by atoms with E-state index in [4.69, 9.17) is 15.2 Å². The van der Waals surface area contributed by atoms with Crippen molar-refractivity contribution < 1.29 is 9.47 Å². The Bertz CT molecular complexity index is 1170. The molecular weight excluding hydrogens is 344 g/mol. The fourth-order valence-corrected chi connectivity index (χ4v) is 3.23. The maximum Gasteiger partial charge on any atom is 0.220 e. The van der Waals surface area contributed by atoms with Gasteiger partial charge in [0.2, 0.25) is 5.95 Å². The van der Waals surface area contributed by atoms with Crippen molar-refractivity contribution in [3.05, 3.63) is 48.2 Å². The van der Waals surface area contributed by atoms with Gasteiger partial charge in [-0.3, -0.25) is 5.10 Å². The molecule has 134 valence electrons.